The second kappa shape index (κ2) is 5.30. The molecule has 1 atom stereocenters. The number of halogens is 2. The summed E-state index contributed by atoms with van der Waals surface area (Å²) < 4.78 is 8.92. The fourth-order valence-corrected chi connectivity index (χ4v) is 3.75. The first kappa shape index (κ1) is 13.8. The van der Waals surface area contributed by atoms with Crippen molar-refractivity contribution in [2.45, 2.75) is 56.8 Å². The summed E-state index contributed by atoms with van der Waals surface area (Å²) in [7, 11) is 0. The second-order valence-corrected chi connectivity index (χ2v) is 7.11. The van der Waals surface area contributed by atoms with E-state index in [9.17, 15) is 4.79 Å². The van der Waals surface area contributed by atoms with Gasteiger partial charge in [-0.25, -0.2) is 4.68 Å². The molecule has 6 heteroatoms. The summed E-state index contributed by atoms with van der Waals surface area (Å²) in [5.41, 5.74) is 0.00581. The van der Waals surface area contributed by atoms with Gasteiger partial charge in [0.2, 0.25) is 0 Å². The van der Waals surface area contributed by atoms with Crippen LogP contribution >= 0.6 is 31.9 Å². The van der Waals surface area contributed by atoms with Crippen molar-refractivity contribution < 1.29 is 4.74 Å². The number of nitrogens with zero attached hydrogens (tertiary/aromatic N) is 2. The van der Waals surface area contributed by atoms with Gasteiger partial charge in [0.25, 0.3) is 5.56 Å². The maximum Gasteiger partial charge on any atom is 0.282 e. The molecule has 104 valence electrons. The average molecular weight is 392 g/mol. The van der Waals surface area contributed by atoms with Crippen LogP contribution in [0.2, 0.25) is 0 Å². The number of aromatic nitrogens is 2. The molecule has 0 radical (unpaired) electrons. The molecule has 2 fully saturated rings. The minimum atomic E-state index is -0.106. The summed E-state index contributed by atoms with van der Waals surface area (Å²) in [4.78, 5) is 12.1. The Morgan fingerprint density at radius 3 is 2.84 bits per heavy atom. The van der Waals surface area contributed by atoms with E-state index >= 15 is 0 Å². The largest absolute Gasteiger partial charge is 0.370 e. The molecule has 1 saturated heterocycles. The number of ether oxygens (including phenoxy) is 1. The molecular weight excluding hydrogens is 376 g/mol. The molecule has 1 aliphatic carbocycles. The van der Waals surface area contributed by atoms with Crippen LogP contribution in [-0.2, 0) is 11.3 Å². The molecule has 1 aromatic rings. The van der Waals surface area contributed by atoms with E-state index in [1.54, 1.807) is 6.20 Å². The van der Waals surface area contributed by atoms with E-state index in [-0.39, 0.29) is 17.3 Å². The van der Waals surface area contributed by atoms with Gasteiger partial charge in [0.1, 0.15) is 4.47 Å². The summed E-state index contributed by atoms with van der Waals surface area (Å²) in [5, 5.41) is 4.16. The third-order valence-electron chi connectivity index (χ3n) is 4.17. The second-order valence-electron chi connectivity index (χ2n) is 5.46. The molecular formula is C13H16Br2N2O2. The Hall–Kier alpha value is -0.200. The molecule has 0 amide bonds. The normalized spacial score (nSPS) is 25.3. The summed E-state index contributed by atoms with van der Waals surface area (Å²) in [6.45, 7) is 0.548. The highest BCUT2D eigenvalue weighted by atomic mass is 79.9. The van der Waals surface area contributed by atoms with Gasteiger partial charge in [-0.15, -0.1) is 0 Å². The first-order valence-corrected chi connectivity index (χ1v) is 8.27. The van der Waals surface area contributed by atoms with Crippen LogP contribution in [0.3, 0.4) is 0 Å². The van der Waals surface area contributed by atoms with E-state index in [1.165, 1.54) is 30.4 Å². The van der Waals surface area contributed by atoms with Crippen LogP contribution in [0.5, 0.6) is 0 Å². The van der Waals surface area contributed by atoms with Gasteiger partial charge in [-0.1, -0.05) is 12.8 Å². The standard InChI is InChI=1S/C13H16Br2N2O2/c14-10-7-16-17(12(18)11(10)15)8-9-3-6-13(19-9)4-1-2-5-13/h7,9H,1-6,8H2. The fourth-order valence-electron chi connectivity index (χ4n) is 3.18. The maximum atomic E-state index is 12.1. The van der Waals surface area contributed by atoms with E-state index in [1.807, 2.05) is 0 Å². The summed E-state index contributed by atoms with van der Waals surface area (Å²) >= 11 is 6.57. The smallest absolute Gasteiger partial charge is 0.282 e. The van der Waals surface area contributed by atoms with Crippen molar-refractivity contribution in [3.63, 3.8) is 0 Å². The molecule has 1 aromatic heterocycles. The highest BCUT2D eigenvalue weighted by molar-refractivity contribution is 9.13. The quantitative estimate of drug-likeness (QED) is 0.777. The topological polar surface area (TPSA) is 44.1 Å². The van der Waals surface area contributed by atoms with Crippen LogP contribution in [0.1, 0.15) is 38.5 Å². The summed E-state index contributed by atoms with van der Waals surface area (Å²) in [5.74, 6) is 0. The van der Waals surface area contributed by atoms with E-state index in [2.05, 4.69) is 37.0 Å². The Kier molecular flexibility index (Phi) is 3.84. The lowest BCUT2D eigenvalue weighted by molar-refractivity contribution is -0.0434. The van der Waals surface area contributed by atoms with Crippen molar-refractivity contribution in [2.75, 3.05) is 0 Å². The van der Waals surface area contributed by atoms with E-state index in [0.29, 0.717) is 15.5 Å². The van der Waals surface area contributed by atoms with Crippen molar-refractivity contribution in [3.8, 4) is 0 Å². The van der Waals surface area contributed by atoms with Gasteiger partial charge < -0.3 is 4.74 Å². The predicted molar refractivity (Wildman–Crippen MR) is 79.2 cm³/mol. The van der Waals surface area contributed by atoms with Crippen LogP contribution in [0.25, 0.3) is 0 Å². The van der Waals surface area contributed by atoms with Gasteiger partial charge in [0.15, 0.2) is 0 Å². The Balaban J connectivity index is 1.73. The first-order valence-electron chi connectivity index (χ1n) is 6.69. The predicted octanol–water partition coefficient (Wildman–Crippen LogP) is 3.26. The maximum absolute atomic E-state index is 12.1. The summed E-state index contributed by atoms with van der Waals surface area (Å²) in [6, 6.07) is 0. The molecule has 0 bridgehead atoms. The van der Waals surface area contributed by atoms with Crippen molar-refractivity contribution in [1.82, 2.24) is 9.78 Å². The molecule has 1 saturated carbocycles. The zero-order valence-electron chi connectivity index (χ0n) is 10.6. The van der Waals surface area contributed by atoms with Crippen LogP contribution in [0.4, 0.5) is 0 Å². The van der Waals surface area contributed by atoms with Crippen molar-refractivity contribution in [1.29, 1.82) is 0 Å². The van der Waals surface area contributed by atoms with Gasteiger partial charge in [-0.3, -0.25) is 4.79 Å². The van der Waals surface area contributed by atoms with E-state index in [4.69, 9.17) is 4.74 Å². The van der Waals surface area contributed by atoms with Gasteiger partial charge >= 0.3 is 0 Å². The highest BCUT2D eigenvalue weighted by Crippen LogP contribution is 2.43. The summed E-state index contributed by atoms with van der Waals surface area (Å²) in [6.07, 6.45) is 8.82. The lowest BCUT2D eigenvalue weighted by Crippen LogP contribution is -2.31. The molecule has 1 unspecified atom stereocenters. The molecule has 0 N–H and O–H groups in total. The van der Waals surface area contributed by atoms with E-state index < -0.39 is 0 Å². The Morgan fingerprint density at radius 2 is 2.11 bits per heavy atom. The fraction of sp³-hybridized carbons (Fsp3) is 0.692. The lowest BCUT2D eigenvalue weighted by atomic mass is 9.98. The highest BCUT2D eigenvalue weighted by Gasteiger charge is 2.42. The zero-order chi connectivity index (χ0) is 13.5. The van der Waals surface area contributed by atoms with Crippen molar-refractivity contribution in [3.05, 3.63) is 25.5 Å². The minimum absolute atomic E-state index is 0.106. The van der Waals surface area contributed by atoms with Gasteiger partial charge in [0.05, 0.1) is 28.9 Å². The number of rotatable bonds is 2. The number of hydrogen-bond donors (Lipinski definition) is 0. The third kappa shape index (κ3) is 2.67. The Bertz CT molecular complexity index is 538. The lowest BCUT2D eigenvalue weighted by Gasteiger charge is -2.23. The van der Waals surface area contributed by atoms with Crippen LogP contribution in [0, 0.1) is 0 Å². The molecule has 0 aromatic carbocycles. The minimum Gasteiger partial charge on any atom is -0.370 e. The molecule has 2 aliphatic rings. The van der Waals surface area contributed by atoms with Gasteiger partial charge in [0, 0.05) is 0 Å². The molecule has 4 nitrogen and oxygen atoms in total. The number of hydrogen-bond acceptors (Lipinski definition) is 3. The molecule has 3 rings (SSSR count). The van der Waals surface area contributed by atoms with Crippen LogP contribution < -0.4 is 5.56 Å². The zero-order valence-corrected chi connectivity index (χ0v) is 13.7. The van der Waals surface area contributed by atoms with Crippen LogP contribution in [-0.4, -0.2) is 21.5 Å². The van der Waals surface area contributed by atoms with E-state index in [0.717, 1.165) is 12.8 Å². The molecule has 1 aliphatic heterocycles. The monoisotopic (exact) mass is 390 g/mol. The Labute approximate surface area is 128 Å². The Morgan fingerprint density at radius 1 is 1.37 bits per heavy atom. The molecule has 2 heterocycles. The molecule has 19 heavy (non-hydrogen) atoms. The first-order chi connectivity index (χ1) is 9.10. The SMILES string of the molecule is O=c1c(Br)c(Br)cnn1CC1CCC2(CCCC2)O1. The van der Waals surface area contributed by atoms with Gasteiger partial charge in [-0.2, -0.15) is 5.10 Å². The average Bonchev–Trinajstić information content (AvgIpc) is 3.01. The van der Waals surface area contributed by atoms with Crippen LogP contribution in [0.15, 0.2) is 19.9 Å². The van der Waals surface area contributed by atoms with Crippen molar-refractivity contribution in [2.24, 2.45) is 0 Å². The van der Waals surface area contributed by atoms with Crippen molar-refractivity contribution >= 4 is 31.9 Å². The van der Waals surface area contributed by atoms with Gasteiger partial charge in [-0.05, 0) is 57.5 Å². The molecule has 1 spiro atoms. The third-order valence-corrected chi connectivity index (χ3v) is 6.07.